The third-order valence-electron chi connectivity index (χ3n) is 3.24. The van der Waals surface area contributed by atoms with Crippen LogP contribution in [0.5, 0.6) is 5.75 Å². The maximum absolute atomic E-state index is 10.2. The molecule has 0 bridgehead atoms. The van der Waals surface area contributed by atoms with Crippen LogP contribution in [0, 0.1) is 11.3 Å². The van der Waals surface area contributed by atoms with Gasteiger partial charge < -0.3 is 14.6 Å². The van der Waals surface area contributed by atoms with Gasteiger partial charge in [0.05, 0.1) is 11.6 Å². The summed E-state index contributed by atoms with van der Waals surface area (Å²) in [6.07, 6.45) is -0.375. The highest BCUT2D eigenvalue weighted by Gasteiger charge is 2.70. The number of epoxide rings is 1. The van der Waals surface area contributed by atoms with Gasteiger partial charge in [-0.1, -0.05) is 0 Å². The maximum atomic E-state index is 10.2. The number of nitriles is 1. The summed E-state index contributed by atoms with van der Waals surface area (Å²) in [6.45, 7) is 3.57. The maximum Gasteiger partial charge on any atom is 0.238 e. The summed E-state index contributed by atoms with van der Waals surface area (Å²) in [5.41, 5.74) is 0.527. The van der Waals surface area contributed by atoms with Crippen molar-refractivity contribution in [2.24, 2.45) is 0 Å². The average molecular weight is 217 g/mol. The molecule has 82 valence electrons. The minimum absolute atomic E-state index is 0.375. The molecule has 4 heteroatoms. The Morgan fingerprint density at radius 1 is 1.44 bits per heavy atom. The smallest absolute Gasteiger partial charge is 0.238 e. The van der Waals surface area contributed by atoms with Gasteiger partial charge in [0.15, 0.2) is 5.60 Å². The summed E-state index contributed by atoms with van der Waals surface area (Å²) < 4.78 is 11.0. The van der Waals surface area contributed by atoms with E-state index in [9.17, 15) is 5.11 Å². The highest BCUT2D eigenvalue weighted by Crippen LogP contribution is 2.60. The van der Waals surface area contributed by atoms with E-state index < -0.39 is 11.4 Å². The van der Waals surface area contributed by atoms with E-state index >= 15 is 0 Å². The molecule has 0 saturated carbocycles. The van der Waals surface area contributed by atoms with E-state index in [2.05, 4.69) is 6.07 Å². The number of nitrogens with zero attached hydrogens (tertiary/aromatic N) is 1. The summed E-state index contributed by atoms with van der Waals surface area (Å²) in [7, 11) is 0. The van der Waals surface area contributed by atoms with Crippen LogP contribution in [0.3, 0.4) is 0 Å². The highest BCUT2D eigenvalue weighted by atomic mass is 16.8. The van der Waals surface area contributed by atoms with Gasteiger partial charge in [-0.15, -0.1) is 0 Å². The molecule has 2 aliphatic rings. The van der Waals surface area contributed by atoms with Crippen LogP contribution in [0.1, 0.15) is 31.1 Å². The first-order chi connectivity index (χ1) is 7.48. The van der Waals surface area contributed by atoms with Crippen molar-refractivity contribution in [3.05, 3.63) is 29.3 Å². The number of ether oxygens (including phenoxy) is 2. The van der Waals surface area contributed by atoms with Crippen LogP contribution in [-0.4, -0.2) is 16.5 Å². The fourth-order valence-corrected chi connectivity index (χ4v) is 2.14. The minimum Gasteiger partial charge on any atom is -0.482 e. The fraction of sp³-hybridized carbons (Fsp3) is 0.417. The van der Waals surface area contributed by atoms with Crippen molar-refractivity contribution >= 4 is 0 Å². The molecule has 0 amide bonds. The lowest BCUT2D eigenvalue weighted by molar-refractivity contribution is -0.113. The van der Waals surface area contributed by atoms with E-state index in [1.807, 2.05) is 0 Å². The molecule has 1 saturated heterocycles. The lowest BCUT2D eigenvalue weighted by Crippen LogP contribution is -2.47. The summed E-state index contributed by atoms with van der Waals surface area (Å²) in [4.78, 5) is 0. The molecule has 16 heavy (non-hydrogen) atoms. The van der Waals surface area contributed by atoms with Gasteiger partial charge in [-0.3, -0.25) is 0 Å². The van der Waals surface area contributed by atoms with Crippen molar-refractivity contribution in [2.45, 2.75) is 31.3 Å². The molecule has 1 aromatic carbocycles. The zero-order chi connectivity index (χ0) is 11.6. The van der Waals surface area contributed by atoms with Crippen molar-refractivity contribution in [3.63, 3.8) is 0 Å². The Morgan fingerprint density at radius 2 is 2.19 bits per heavy atom. The molecule has 0 aromatic heterocycles. The molecule has 2 aliphatic heterocycles. The van der Waals surface area contributed by atoms with Gasteiger partial charge >= 0.3 is 0 Å². The quantitative estimate of drug-likeness (QED) is 0.668. The first kappa shape index (κ1) is 9.64. The molecular weight excluding hydrogens is 206 g/mol. The molecule has 0 spiro atoms. The number of hydrogen-bond acceptors (Lipinski definition) is 4. The molecule has 1 fully saturated rings. The number of aliphatic hydroxyl groups is 1. The van der Waals surface area contributed by atoms with Gasteiger partial charge in [-0.05, 0) is 32.0 Å². The number of hydrogen-bond donors (Lipinski definition) is 1. The van der Waals surface area contributed by atoms with E-state index in [1.54, 1.807) is 32.0 Å². The first-order valence-corrected chi connectivity index (χ1v) is 5.11. The van der Waals surface area contributed by atoms with E-state index in [0.29, 0.717) is 11.3 Å². The standard InChI is InChI=1S/C12H11NO3/c1-11(2)12(14)10(16-12)8-5-7(6-13)3-4-9(8)15-11/h3-5,10,14H,1-2H3. The van der Waals surface area contributed by atoms with Crippen LogP contribution in [-0.2, 0) is 4.74 Å². The van der Waals surface area contributed by atoms with Crippen molar-refractivity contribution in [3.8, 4) is 11.8 Å². The average Bonchev–Trinajstić information content (AvgIpc) is 2.92. The highest BCUT2D eigenvalue weighted by molar-refractivity contribution is 5.48. The SMILES string of the molecule is CC1(C)Oc2ccc(C#N)cc2C2OC21O. The normalized spacial score (nSPS) is 33.0. The summed E-state index contributed by atoms with van der Waals surface area (Å²) in [5.74, 6) is -0.579. The van der Waals surface area contributed by atoms with Gasteiger partial charge in [-0.2, -0.15) is 5.26 Å². The van der Waals surface area contributed by atoms with Crippen LogP contribution >= 0.6 is 0 Å². The lowest BCUT2D eigenvalue weighted by Gasteiger charge is -2.33. The second-order valence-electron chi connectivity index (χ2n) is 4.67. The van der Waals surface area contributed by atoms with Crippen LogP contribution in [0.25, 0.3) is 0 Å². The molecule has 3 rings (SSSR count). The largest absolute Gasteiger partial charge is 0.482 e. The molecule has 1 N–H and O–H groups in total. The fourth-order valence-electron chi connectivity index (χ4n) is 2.14. The third kappa shape index (κ3) is 0.993. The Balaban J connectivity index is 2.14. The Bertz CT molecular complexity index is 517. The van der Waals surface area contributed by atoms with Crippen LogP contribution in [0.2, 0.25) is 0 Å². The van der Waals surface area contributed by atoms with Gasteiger partial charge in [0, 0.05) is 5.56 Å². The first-order valence-electron chi connectivity index (χ1n) is 5.11. The predicted octanol–water partition coefficient (Wildman–Crippen LogP) is 1.49. The van der Waals surface area contributed by atoms with Crippen molar-refractivity contribution in [1.82, 2.24) is 0 Å². The van der Waals surface area contributed by atoms with Crippen LogP contribution in [0.4, 0.5) is 0 Å². The van der Waals surface area contributed by atoms with Crippen LogP contribution < -0.4 is 4.74 Å². The minimum atomic E-state index is -1.26. The van der Waals surface area contributed by atoms with Gasteiger partial charge in [0.2, 0.25) is 5.79 Å². The van der Waals surface area contributed by atoms with Crippen molar-refractivity contribution < 1.29 is 14.6 Å². The Hall–Kier alpha value is -1.57. The zero-order valence-electron chi connectivity index (χ0n) is 9.02. The third-order valence-corrected chi connectivity index (χ3v) is 3.24. The molecule has 2 atom stereocenters. The van der Waals surface area contributed by atoms with E-state index in [0.717, 1.165) is 5.56 Å². The van der Waals surface area contributed by atoms with Crippen LogP contribution in [0.15, 0.2) is 18.2 Å². The summed E-state index contributed by atoms with van der Waals surface area (Å²) >= 11 is 0. The molecule has 0 radical (unpaired) electrons. The second-order valence-corrected chi connectivity index (χ2v) is 4.67. The molecule has 2 heterocycles. The number of fused-ring (bicyclic) bond motifs is 3. The second kappa shape index (κ2) is 2.57. The predicted molar refractivity (Wildman–Crippen MR) is 54.6 cm³/mol. The van der Waals surface area contributed by atoms with E-state index in [4.69, 9.17) is 14.7 Å². The molecule has 1 aromatic rings. The molecule has 4 nitrogen and oxygen atoms in total. The van der Waals surface area contributed by atoms with Gasteiger partial charge in [-0.25, -0.2) is 0 Å². The Kier molecular flexibility index (Phi) is 1.55. The molecule has 0 aliphatic carbocycles. The topological polar surface area (TPSA) is 65.8 Å². The monoisotopic (exact) mass is 217 g/mol. The Labute approximate surface area is 93.0 Å². The molecular formula is C12H11NO3. The number of benzene rings is 1. The zero-order valence-corrected chi connectivity index (χ0v) is 9.02. The van der Waals surface area contributed by atoms with E-state index in [-0.39, 0.29) is 6.10 Å². The Morgan fingerprint density at radius 3 is 2.88 bits per heavy atom. The van der Waals surface area contributed by atoms with Crippen molar-refractivity contribution in [2.75, 3.05) is 0 Å². The summed E-state index contributed by atoms with van der Waals surface area (Å²) in [5, 5.41) is 19.0. The lowest BCUT2D eigenvalue weighted by atomic mass is 9.90. The number of rotatable bonds is 0. The van der Waals surface area contributed by atoms with Gasteiger partial charge in [0.1, 0.15) is 11.9 Å². The van der Waals surface area contributed by atoms with E-state index in [1.165, 1.54) is 0 Å². The summed E-state index contributed by atoms with van der Waals surface area (Å²) in [6, 6.07) is 7.20. The van der Waals surface area contributed by atoms with Gasteiger partial charge in [0.25, 0.3) is 0 Å². The van der Waals surface area contributed by atoms with Crippen molar-refractivity contribution in [1.29, 1.82) is 5.26 Å². The molecule has 2 unspecified atom stereocenters.